The molecule has 15 heavy (non-hydrogen) atoms. The molecular formula is C12H12N2O. The van der Waals surface area contributed by atoms with E-state index in [9.17, 15) is 0 Å². The first-order chi connectivity index (χ1) is 7.24. The lowest BCUT2D eigenvalue weighted by Crippen LogP contribution is -1.89. The lowest BCUT2D eigenvalue weighted by atomic mass is 10.3. The van der Waals surface area contributed by atoms with E-state index in [1.54, 1.807) is 12.3 Å². The molecule has 2 rings (SSSR count). The molecule has 76 valence electrons. The molecule has 1 aromatic carbocycles. The zero-order valence-corrected chi connectivity index (χ0v) is 8.47. The average Bonchev–Trinajstić information content (AvgIpc) is 2.17. The molecule has 0 unspecified atom stereocenters. The molecule has 0 atom stereocenters. The molecule has 0 saturated heterocycles. The van der Waals surface area contributed by atoms with Crippen LogP contribution in [0.1, 0.15) is 5.56 Å². The van der Waals surface area contributed by atoms with E-state index in [4.69, 9.17) is 10.5 Å². The third kappa shape index (κ3) is 2.47. The SMILES string of the molecule is Cc1ccnc(Oc2cccc(N)c2)c1. The van der Waals surface area contributed by atoms with E-state index in [0.717, 1.165) is 5.56 Å². The molecule has 2 N–H and O–H groups in total. The molecule has 0 fully saturated rings. The van der Waals surface area contributed by atoms with Gasteiger partial charge in [-0.3, -0.25) is 0 Å². The van der Waals surface area contributed by atoms with Gasteiger partial charge in [0.1, 0.15) is 5.75 Å². The Morgan fingerprint density at radius 3 is 2.80 bits per heavy atom. The number of nitrogens with two attached hydrogens (primary N) is 1. The lowest BCUT2D eigenvalue weighted by molar-refractivity contribution is 0.463. The van der Waals surface area contributed by atoms with Crippen molar-refractivity contribution in [3.63, 3.8) is 0 Å². The summed E-state index contributed by atoms with van der Waals surface area (Å²) in [4.78, 5) is 4.10. The van der Waals surface area contributed by atoms with Crippen molar-refractivity contribution >= 4 is 5.69 Å². The Kier molecular flexibility index (Phi) is 2.54. The molecule has 0 saturated carbocycles. The average molecular weight is 200 g/mol. The third-order valence-electron chi connectivity index (χ3n) is 1.97. The molecule has 3 nitrogen and oxygen atoms in total. The van der Waals surface area contributed by atoms with Crippen molar-refractivity contribution in [1.29, 1.82) is 0 Å². The number of hydrogen-bond donors (Lipinski definition) is 1. The van der Waals surface area contributed by atoms with Gasteiger partial charge < -0.3 is 10.5 Å². The van der Waals surface area contributed by atoms with Gasteiger partial charge in [-0.2, -0.15) is 0 Å². The number of nitrogen functional groups attached to an aromatic ring is 1. The summed E-state index contributed by atoms with van der Waals surface area (Å²) in [6, 6.07) is 11.1. The van der Waals surface area contributed by atoms with Crippen molar-refractivity contribution < 1.29 is 4.74 Å². The molecular weight excluding hydrogens is 188 g/mol. The summed E-state index contributed by atoms with van der Waals surface area (Å²) < 4.78 is 5.55. The fraction of sp³-hybridized carbons (Fsp3) is 0.0833. The zero-order valence-electron chi connectivity index (χ0n) is 8.47. The Labute approximate surface area is 88.5 Å². The second kappa shape index (κ2) is 4.00. The number of rotatable bonds is 2. The topological polar surface area (TPSA) is 48.1 Å². The minimum absolute atomic E-state index is 0.584. The van der Waals surface area contributed by atoms with Crippen LogP contribution in [0.2, 0.25) is 0 Å². The predicted octanol–water partition coefficient (Wildman–Crippen LogP) is 2.76. The molecule has 3 heteroatoms. The van der Waals surface area contributed by atoms with E-state index in [1.807, 2.05) is 37.3 Å². The van der Waals surface area contributed by atoms with Crippen molar-refractivity contribution in [1.82, 2.24) is 4.98 Å². The molecule has 1 heterocycles. The maximum atomic E-state index is 5.64. The number of hydrogen-bond acceptors (Lipinski definition) is 3. The normalized spacial score (nSPS) is 9.93. The Balaban J connectivity index is 2.22. The largest absolute Gasteiger partial charge is 0.439 e. The van der Waals surface area contributed by atoms with Crippen molar-refractivity contribution in [2.45, 2.75) is 6.92 Å². The van der Waals surface area contributed by atoms with Gasteiger partial charge in [-0.25, -0.2) is 4.98 Å². The number of pyridine rings is 1. The van der Waals surface area contributed by atoms with E-state index in [-0.39, 0.29) is 0 Å². The summed E-state index contributed by atoms with van der Waals surface area (Å²) in [5.41, 5.74) is 7.44. The van der Waals surface area contributed by atoms with Gasteiger partial charge in [0, 0.05) is 24.0 Å². The Morgan fingerprint density at radius 2 is 2.07 bits per heavy atom. The van der Waals surface area contributed by atoms with Gasteiger partial charge in [-0.05, 0) is 30.7 Å². The third-order valence-corrected chi connectivity index (χ3v) is 1.97. The maximum Gasteiger partial charge on any atom is 0.219 e. The van der Waals surface area contributed by atoms with Crippen LogP contribution in [0.4, 0.5) is 5.69 Å². The van der Waals surface area contributed by atoms with Gasteiger partial charge in [0.05, 0.1) is 0 Å². The van der Waals surface area contributed by atoms with Crippen LogP contribution < -0.4 is 10.5 Å². The van der Waals surface area contributed by atoms with Crippen molar-refractivity contribution in [2.24, 2.45) is 0 Å². The Hall–Kier alpha value is -2.03. The highest BCUT2D eigenvalue weighted by atomic mass is 16.5. The monoisotopic (exact) mass is 200 g/mol. The van der Waals surface area contributed by atoms with Crippen LogP contribution in [-0.2, 0) is 0 Å². The number of ether oxygens (including phenoxy) is 1. The lowest BCUT2D eigenvalue weighted by Gasteiger charge is -2.05. The summed E-state index contributed by atoms with van der Waals surface area (Å²) in [5, 5.41) is 0. The molecule has 0 spiro atoms. The standard InChI is InChI=1S/C12H12N2O/c1-9-5-6-14-12(7-9)15-11-4-2-3-10(13)8-11/h2-8H,13H2,1H3. The molecule has 1 aromatic heterocycles. The van der Waals surface area contributed by atoms with Gasteiger partial charge >= 0.3 is 0 Å². The zero-order chi connectivity index (χ0) is 10.7. The Bertz CT molecular complexity index is 425. The predicted molar refractivity (Wildman–Crippen MR) is 59.9 cm³/mol. The van der Waals surface area contributed by atoms with E-state index in [2.05, 4.69) is 4.98 Å². The first-order valence-corrected chi connectivity index (χ1v) is 4.70. The highest BCUT2D eigenvalue weighted by Crippen LogP contribution is 2.21. The summed E-state index contributed by atoms with van der Waals surface area (Å²) in [6.07, 6.45) is 1.72. The molecule has 0 amide bonds. The molecule has 0 aliphatic rings. The number of benzene rings is 1. The van der Waals surface area contributed by atoms with Gasteiger partial charge in [0.25, 0.3) is 0 Å². The maximum absolute atomic E-state index is 5.64. The molecule has 0 aliphatic heterocycles. The summed E-state index contributed by atoms with van der Waals surface area (Å²) in [5.74, 6) is 1.29. The number of anilines is 1. The molecule has 2 aromatic rings. The Morgan fingerprint density at radius 1 is 1.20 bits per heavy atom. The minimum Gasteiger partial charge on any atom is -0.439 e. The van der Waals surface area contributed by atoms with E-state index >= 15 is 0 Å². The van der Waals surface area contributed by atoms with Gasteiger partial charge in [0.2, 0.25) is 5.88 Å². The molecule has 0 aliphatic carbocycles. The van der Waals surface area contributed by atoms with E-state index in [1.165, 1.54) is 0 Å². The van der Waals surface area contributed by atoms with E-state index in [0.29, 0.717) is 17.3 Å². The van der Waals surface area contributed by atoms with Gasteiger partial charge in [-0.15, -0.1) is 0 Å². The van der Waals surface area contributed by atoms with Crippen LogP contribution in [-0.4, -0.2) is 4.98 Å². The van der Waals surface area contributed by atoms with Crippen LogP contribution in [0.25, 0.3) is 0 Å². The molecule has 0 radical (unpaired) electrons. The number of aryl methyl sites for hydroxylation is 1. The second-order valence-electron chi connectivity index (χ2n) is 3.35. The van der Waals surface area contributed by atoms with Crippen LogP contribution in [0.5, 0.6) is 11.6 Å². The first-order valence-electron chi connectivity index (χ1n) is 4.70. The smallest absolute Gasteiger partial charge is 0.219 e. The van der Waals surface area contributed by atoms with Crippen molar-refractivity contribution in [2.75, 3.05) is 5.73 Å². The summed E-state index contributed by atoms with van der Waals surface area (Å²) >= 11 is 0. The minimum atomic E-state index is 0.584. The number of nitrogens with zero attached hydrogens (tertiary/aromatic N) is 1. The van der Waals surface area contributed by atoms with E-state index < -0.39 is 0 Å². The first kappa shape index (κ1) is 9.52. The highest BCUT2D eigenvalue weighted by Gasteiger charge is 1.98. The van der Waals surface area contributed by atoms with Crippen LogP contribution >= 0.6 is 0 Å². The quantitative estimate of drug-likeness (QED) is 0.758. The van der Waals surface area contributed by atoms with Gasteiger partial charge in [-0.1, -0.05) is 6.07 Å². The van der Waals surface area contributed by atoms with Crippen LogP contribution in [0, 0.1) is 6.92 Å². The highest BCUT2D eigenvalue weighted by molar-refractivity contribution is 5.44. The van der Waals surface area contributed by atoms with Crippen molar-refractivity contribution in [3.05, 3.63) is 48.2 Å². The van der Waals surface area contributed by atoms with Crippen molar-refractivity contribution in [3.8, 4) is 11.6 Å². The van der Waals surface area contributed by atoms with Gasteiger partial charge in [0.15, 0.2) is 0 Å². The fourth-order valence-electron chi connectivity index (χ4n) is 1.26. The number of aromatic nitrogens is 1. The fourth-order valence-corrected chi connectivity index (χ4v) is 1.26. The summed E-state index contributed by atoms with van der Waals surface area (Å²) in [6.45, 7) is 1.99. The second-order valence-corrected chi connectivity index (χ2v) is 3.35. The van der Waals surface area contributed by atoms with Crippen LogP contribution in [0.3, 0.4) is 0 Å². The summed E-state index contributed by atoms with van der Waals surface area (Å²) in [7, 11) is 0. The molecule has 0 bridgehead atoms. The van der Waals surface area contributed by atoms with Crippen LogP contribution in [0.15, 0.2) is 42.6 Å².